The van der Waals surface area contributed by atoms with Crippen LogP contribution in [0.3, 0.4) is 0 Å². The van der Waals surface area contributed by atoms with E-state index in [4.69, 9.17) is 27.3 Å². The number of benzene rings is 2. The molecule has 0 amide bonds. The molecule has 1 atom stereocenters. The summed E-state index contributed by atoms with van der Waals surface area (Å²) in [6, 6.07) is 12.8. The second-order valence-electron chi connectivity index (χ2n) is 4.68. The molecule has 0 aliphatic heterocycles. The minimum atomic E-state index is -0.121. The maximum absolute atomic E-state index is 8.83. The first-order valence-corrected chi connectivity index (χ1v) is 7.54. The van der Waals surface area contributed by atoms with Crippen LogP contribution in [0.5, 0.6) is 5.75 Å². The van der Waals surface area contributed by atoms with Gasteiger partial charge in [-0.3, -0.25) is 0 Å². The van der Waals surface area contributed by atoms with Gasteiger partial charge in [-0.25, -0.2) is 0 Å². The van der Waals surface area contributed by atoms with Crippen LogP contribution in [0.4, 0.5) is 0 Å². The van der Waals surface area contributed by atoms with Crippen molar-refractivity contribution in [2.24, 2.45) is 5.73 Å². The third kappa shape index (κ3) is 3.98. The van der Waals surface area contributed by atoms with E-state index in [-0.39, 0.29) is 6.04 Å². The normalized spacial score (nSPS) is 11.8. The number of rotatable bonds is 4. The van der Waals surface area contributed by atoms with Crippen LogP contribution in [0.15, 0.2) is 40.9 Å². The van der Waals surface area contributed by atoms with E-state index in [0.717, 1.165) is 21.3 Å². The zero-order chi connectivity index (χ0) is 15.4. The fourth-order valence-electron chi connectivity index (χ4n) is 1.90. The molecule has 5 heteroatoms. The molecule has 0 aromatic heterocycles. The number of nitrogens with two attached hydrogens (primary N) is 1. The van der Waals surface area contributed by atoms with Crippen molar-refractivity contribution in [1.82, 2.24) is 0 Å². The summed E-state index contributed by atoms with van der Waals surface area (Å²) in [6.07, 6.45) is 0. The van der Waals surface area contributed by atoms with Gasteiger partial charge in [-0.15, -0.1) is 0 Å². The first-order valence-electron chi connectivity index (χ1n) is 6.37. The number of nitriles is 1. The van der Waals surface area contributed by atoms with Crippen molar-refractivity contribution in [2.75, 3.05) is 0 Å². The Kier molecular flexibility index (Phi) is 5.24. The van der Waals surface area contributed by atoms with Gasteiger partial charge in [-0.1, -0.05) is 39.7 Å². The van der Waals surface area contributed by atoms with E-state index in [1.807, 2.05) is 25.1 Å². The van der Waals surface area contributed by atoms with Crippen molar-refractivity contribution in [2.45, 2.75) is 19.6 Å². The fraction of sp³-hybridized carbons (Fsp3) is 0.188. The molecule has 0 heterocycles. The molecule has 108 valence electrons. The summed E-state index contributed by atoms with van der Waals surface area (Å²) < 4.78 is 6.77. The monoisotopic (exact) mass is 364 g/mol. The van der Waals surface area contributed by atoms with Crippen molar-refractivity contribution >= 4 is 27.5 Å². The standard InChI is InChI=1S/C16H14BrClN2O/c1-10(20)14-5-4-13(17)7-16(14)21-9-12-3-2-11(8-19)6-15(12)18/h2-7,10H,9,20H2,1H3/t10-/m1/s1. The highest BCUT2D eigenvalue weighted by molar-refractivity contribution is 9.10. The lowest BCUT2D eigenvalue weighted by molar-refractivity contribution is 0.301. The Labute approximate surface area is 137 Å². The van der Waals surface area contributed by atoms with Crippen molar-refractivity contribution in [3.63, 3.8) is 0 Å². The van der Waals surface area contributed by atoms with E-state index >= 15 is 0 Å². The third-order valence-corrected chi connectivity index (χ3v) is 3.88. The average Bonchev–Trinajstić information content (AvgIpc) is 2.45. The minimum Gasteiger partial charge on any atom is -0.488 e. The van der Waals surface area contributed by atoms with Crippen LogP contribution in [0.1, 0.15) is 29.7 Å². The second kappa shape index (κ2) is 6.95. The average molecular weight is 366 g/mol. The van der Waals surface area contributed by atoms with E-state index in [1.165, 1.54) is 0 Å². The SMILES string of the molecule is C[C@@H](N)c1ccc(Br)cc1OCc1ccc(C#N)cc1Cl. The topological polar surface area (TPSA) is 59.0 Å². The van der Waals surface area contributed by atoms with Gasteiger partial charge in [0.15, 0.2) is 0 Å². The van der Waals surface area contributed by atoms with Gasteiger partial charge in [0.05, 0.1) is 11.6 Å². The maximum Gasteiger partial charge on any atom is 0.125 e. The number of halogens is 2. The summed E-state index contributed by atoms with van der Waals surface area (Å²) >= 11 is 9.57. The fourth-order valence-corrected chi connectivity index (χ4v) is 2.47. The number of hydrogen-bond acceptors (Lipinski definition) is 3. The van der Waals surface area contributed by atoms with E-state index < -0.39 is 0 Å². The highest BCUT2D eigenvalue weighted by Gasteiger charge is 2.10. The molecule has 21 heavy (non-hydrogen) atoms. The molecule has 0 saturated carbocycles. The van der Waals surface area contributed by atoms with Crippen LogP contribution in [-0.4, -0.2) is 0 Å². The van der Waals surface area contributed by atoms with Crippen LogP contribution in [0, 0.1) is 11.3 Å². The molecule has 0 aliphatic carbocycles. The van der Waals surface area contributed by atoms with Gasteiger partial charge in [0.2, 0.25) is 0 Å². The lowest BCUT2D eigenvalue weighted by Gasteiger charge is -2.15. The van der Waals surface area contributed by atoms with Gasteiger partial charge in [0.1, 0.15) is 12.4 Å². The van der Waals surface area contributed by atoms with Crippen LogP contribution in [0.25, 0.3) is 0 Å². The first-order chi connectivity index (χ1) is 10.0. The quantitative estimate of drug-likeness (QED) is 0.863. The lowest BCUT2D eigenvalue weighted by Crippen LogP contribution is -2.08. The largest absolute Gasteiger partial charge is 0.488 e. The molecule has 3 nitrogen and oxygen atoms in total. The van der Waals surface area contributed by atoms with Gasteiger partial charge in [-0.05, 0) is 31.2 Å². The molecule has 2 aromatic carbocycles. The van der Waals surface area contributed by atoms with Crippen molar-refractivity contribution in [1.29, 1.82) is 5.26 Å². The summed E-state index contributed by atoms with van der Waals surface area (Å²) in [4.78, 5) is 0. The second-order valence-corrected chi connectivity index (χ2v) is 6.00. The highest BCUT2D eigenvalue weighted by Crippen LogP contribution is 2.29. The number of nitrogens with zero attached hydrogens (tertiary/aromatic N) is 1. The summed E-state index contributed by atoms with van der Waals surface area (Å²) in [7, 11) is 0. The van der Waals surface area contributed by atoms with Gasteiger partial charge in [-0.2, -0.15) is 5.26 Å². The molecule has 0 saturated heterocycles. The van der Waals surface area contributed by atoms with Crippen molar-refractivity contribution in [3.05, 3.63) is 62.6 Å². The molecular formula is C16H14BrClN2O. The Hall–Kier alpha value is -1.54. The van der Waals surface area contributed by atoms with E-state index in [9.17, 15) is 0 Å². The Balaban J connectivity index is 2.20. The molecule has 2 aromatic rings. The predicted molar refractivity (Wildman–Crippen MR) is 87.2 cm³/mol. The van der Waals surface area contributed by atoms with Crippen molar-refractivity contribution < 1.29 is 4.74 Å². The Morgan fingerprint density at radius 2 is 2.10 bits per heavy atom. The Morgan fingerprint density at radius 1 is 1.33 bits per heavy atom. The van der Waals surface area contributed by atoms with Gasteiger partial charge in [0.25, 0.3) is 0 Å². The maximum atomic E-state index is 8.83. The summed E-state index contributed by atoms with van der Waals surface area (Å²) in [5, 5.41) is 9.35. The molecule has 0 aliphatic rings. The van der Waals surface area contributed by atoms with E-state index in [1.54, 1.807) is 18.2 Å². The summed E-state index contributed by atoms with van der Waals surface area (Å²) in [5.41, 5.74) is 8.23. The van der Waals surface area contributed by atoms with Gasteiger partial charge < -0.3 is 10.5 Å². The molecular weight excluding hydrogens is 352 g/mol. The molecule has 2 rings (SSSR count). The number of hydrogen-bond donors (Lipinski definition) is 1. The van der Waals surface area contributed by atoms with Crippen LogP contribution in [-0.2, 0) is 6.61 Å². The molecule has 0 fully saturated rings. The van der Waals surface area contributed by atoms with Gasteiger partial charge >= 0.3 is 0 Å². The Morgan fingerprint density at radius 3 is 2.71 bits per heavy atom. The minimum absolute atomic E-state index is 0.121. The van der Waals surface area contributed by atoms with Crippen LogP contribution >= 0.6 is 27.5 Å². The smallest absolute Gasteiger partial charge is 0.125 e. The molecule has 0 radical (unpaired) electrons. The first kappa shape index (κ1) is 15.8. The lowest BCUT2D eigenvalue weighted by atomic mass is 10.1. The predicted octanol–water partition coefficient (Wildman–Crippen LogP) is 4.57. The molecule has 2 N–H and O–H groups in total. The zero-order valence-corrected chi connectivity index (χ0v) is 13.8. The summed E-state index contributed by atoms with van der Waals surface area (Å²) in [6.45, 7) is 2.23. The number of ether oxygens (including phenoxy) is 1. The zero-order valence-electron chi connectivity index (χ0n) is 11.4. The highest BCUT2D eigenvalue weighted by atomic mass is 79.9. The molecule has 0 unspecified atom stereocenters. The van der Waals surface area contributed by atoms with Crippen molar-refractivity contribution in [3.8, 4) is 11.8 Å². The van der Waals surface area contributed by atoms with Crippen LogP contribution in [0.2, 0.25) is 5.02 Å². The molecule has 0 bridgehead atoms. The molecule has 0 spiro atoms. The van der Waals surface area contributed by atoms with E-state index in [2.05, 4.69) is 22.0 Å². The Bertz CT molecular complexity index is 695. The summed E-state index contributed by atoms with van der Waals surface area (Å²) in [5.74, 6) is 0.722. The third-order valence-electron chi connectivity index (χ3n) is 3.03. The van der Waals surface area contributed by atoms with Gasteiger partial charge in [0, 0.05) is 26.7 Å². The van der Waals surface area contributed by atoms with E-state index in [0.29, 0.717) is 17.2 Å². The van der Waals surface area contributed by atoms with Crippen LogP contribution < -0.4 is 10.5 Å².